The quantitative estimate of drug-likeness (QED) is 0.722. The maximum absolute atomic E-state index is 12.1. The summed E-state index contributed by atoms with van der Waals surface area (Å²) in [7, 11) is -3.48. The summed E-state index contributed by atoms with van der Waals surface area (Å²) in [6.45, 7) is 0.379. The van der Waals surface area contributed by atoms with Gasteiger partial charge < -0.3 is 10.8 Å². The highest BCUT2D eigenvalue weighted by Gasteiger charge is 2.22. The van der Waals surface area contributed by atoms with E-state index in [0.717, 1.165) is 19.3 Å². The third-order valence-corrected chi connectivity index (χ3v) is 4.95. The molecule has 4 N–H and O–H groups in total. The van der Waals surface area contributed by atoms with Gasteiger partial charge in [-0.15, -0.1) is 0 Å². The summed E-state index contributed by atoms with van der Waals surface area (Å²) in [4.78, 5) is 0.220. The van der Waals surface area contributed by atoms with Crippen molar-refractivity contribution in [3.8, 4) is 0 Å². The Kier molecular flexibility index (Phi) is 4.44. The van der Waals surface area contributed by atoms with Gasteiger partial charge in [0, 0.05) is 12.2 Å². The second-order valence-corrected chi connectivity index (χ2v) is 6.87. The predicted octanol–water partition coefficient (Wildman–Crippen LogP) is 1.10. The van der Waals surface area contributed by atoms with Crippen LogP contribution in [0.25, 0.3) is 0 Å². The second kappa shape index (κ2) is 5.90. The SMILES string of the molecule is Nc1ccc(S(=O)(=O)NCC2CCCC(O)C2)cc1. The lowest BCUT2D eigenvalue weighted by molar-refractivity contribution is 0.102. The van der Waals surface area contributed by atoms with Gasteiger partial charge in [0.1, 0.15) is 0 Å². The lowest BCUT2D eigenvalue weighted by Gasteiger charge is -2.25. The average molecular weight is 284 g/mol. The molecule has 0 heterocycles. The van der Waals surface area contributed by atoms with Gasteiger partial charge in [0.05, 0.1) is 11.0 Å². The van der Waals surface area contributed by atoms with Gasteiger partial charge in [-0.25, -0.2) is 13.1 Å². The van der Waals surface area contributed by atoms with Crippen molar-refractivity contribution in [2.24, 2.45) is 5.92 Å². The van der Waals surface area contributed by atoms with Crippen molar-refractivity contribution in [2.75, 3.05) is 12.3 Å². The number of nitrogens with two attached hydrogens (primary N) is 1. The first-order chi connectivity index (χ1) is 8.97. The van der Waals surface area contributed by atoms with E-state index in [1.165, 1.54) is 12.1 Å². The number of rotatable bonds is 4. The van der Waals surface area contributed by atoms with Gasteiger partial charge in [-0.05, 0) is 49.4 Å². The van der Waals surface area contributed by atoms with E-state index < -0.39 is 10.0 Å². The Hall–Kier alpha value is -1.11. The van der Waals surface area contributed by atoms with Gasteiger partial charge in [-0.3, -0.25) is 0 Å². The Labute approximate surface area is 113 Å². The molecule has 1 aromatic carbocycles. The molecule has 1 saturated carbocycles. The summed E-state index contributed by atoms with van der Waals surface area (Å²) in [5, 5.41) is 9.57. The first kappa shape index (κ1) is 14.3. The number of aliphatic hydroxyl groups is 1. The Morgan fingerprint density at radius 2 is 1.95 bits per heavy atom. The van der Waals surface area contributed by atoms with Crippen LogP contribution in [0.1, 0.15) is 25.7 Å². The van der Waals surface area contributed by atoms with Gasteiger partial charge in [0.2, 0.25) is 10.0 Å². The summed E-state index contributed by atoms with van der Waals surface area (Å²) < 4.78 is 26.7. The molecule has 2 unspecified atom stereocenters. The maximum Gasteiger partial charge on any atom is 0.240 e. The van der Waals surface area contributed by atoms with Crippen molar-refractivity contribution >= 4 is 15.7 Å². The minimum absolute atomic E-state index is 0.215. The zero-order valence-electron chi connectivity index (χ0n) is 10.7. The van der Waals surface area contributed by atoms with Crippen LogP contribution in [0.15, 0.2) is 29.2 Å². The molecule has 1 aliphatic rings. The Morgan fingerprint density at radius 3 is 2.58 bits per heavy atom. The van der Waals surface area contributed by atoms with Crippen LogP contribution in [0.4, 0.5) is 5.69 Å². The number of hydrogen-bond acceptors (Lipinski definition) is 4. The molecule has 19 heavy (non-hydrogen) atoms. The number of nitrogen functional groups attached to an aromatic ring is 1. The molecule has 0 spiro atoms. The number of anilines is 1. The van der Waals surface area contributed by atoms with Crippen molar-refractivity contribution in [2.45, 2.75) is 36.7 Å². The summed E-state index contributed by atoms with van der Waals surface area (Å²) in [6.07, 6.45) is 3.11. The number of hydrogen-bond donors (Lipinski definition) is 3. The van der Waals surface area contributed by atoms with E-state index in [9.17, 15) is 13.5 Å². The zero-order chi connectivity index (χ0) is 13.9. The largest absolute Gasteiger partial charge is 0.399 e. The molecule has 0 radical (unpaired) electrons. The minimum Gasteiger partial charge on any atom is -0.399 e. The fourth-order valence-corrected chi connectivity index (χ4v) is 3.52. The first-order valence-corrected chi connectivity index (χ1v) is 7.99. The van der Waals surface area contributed by atoms with Crippen LogP contribution >= 0.6 is 0 Å². The highest BCUT2D eigenvalue weighted by Crippen LogP contribution is 2.24. The van der Waals surface area contributed by atoms with E-state index in [0.29, 0.717) is 18.7 Å². The fourth-order valence-electron chi connectivity index (χ4n) is 2.41. The lowest BCUT2D eigenvalue weighted by atomic mass is 9.87. The summed E-state index contributed by atoms with van der Waals surface area (Å²) in [5.41, 5.74) is 6.07. The van der Waals surface area contributed by atoms with Crippen LogP contribution < -0.4 is 10.5 Å². The fraction of sp³-hybridized carbons (Fsp3) is 0.538. The molecular weight excluding hydrogens is 264 g/mol. The third kappa shape index (κ3) is 3.92. The van der Waals surface area contributed by atoms with Crippen molar-refractivity contribution in [3.05, 3.63) is 24.3 Å². The number of benzene rings is 1. The smallest absolute Gasteiger partial charge is 0.240 e. The van der Waals surface area contributed by atoms with Crippen LogP contribution in [0.5, 0.6) is 0 Å². The zero-order valence-corrected chi connectivity index (χ0v) is 11.6. The Morgan fingerprint density at radius 1 is 1.26 bits per heavy atom. The molecule has 0 bridgehead atoms. The molecule has 1 fully saturated rings. The molecule has 0 aliphatic heterocycles. The third-order valence-electron chi connectivity index (χ3n) is 3.51. The van der Waals surface area contributed by atoms with Crippen molar-refractivity contribution in [1.29, 1.82) is 0 Å². The van der Waals surface area contributed by atoms with Crippen LogP contribution in [0, 0.1) is 5.92 Å². The van der Waals surface area contributed by atoms with Gasteiger partial charge in [-0.2, -0.15) is 0 Å². The second-order valence-electron chi connectivity index (χ2n) is 5.11. The van der Waals surface area contributed by atoms with Crippen molar-refractivity contribution < 1.29 is 13.5 Å². The van der Waals surface area contributed by atoms with E-state index in [-0.39, 0.29) is 16.9 Å². The number of aliphatic hydroxyl groups excluding tert-OH is 1. The maximum atomic E-state index is 12.1. The highest BCUT2D eigenvalue weighted by molar-refractivity contribution is 7.89. The lowest BCUT2D eigenvalue weighted by Crippen LogP contribution is -2.33. The Balaban J connectivity index is 1.96. The molecule has 1 aliphatic carbocycles. The summed E-state index contributed by atoms with van der Waals surface area (Å²) >= 11 is 0. The average Bonchev–Trinajstić information content (AvgIpc) is 2.37. The molecule has 1 aromatic rings. The molecule has 6 heteroatoms. The highest BCUT2D eigenvalue weighted by atomic mass is 32.2. The van der Waals surface area contributed by atoms with Gasteiger partial charge >= 0.3 is 0 Å². The molecule has 2 rings (SSSR count). The molecule has 2 atom stereocenters. The van der Waals surface area contributed by atoms with Gasteiger partial charge in [-0.1, -0.05) is 6.42 Å². The van der Waals surface area contributed by atoms with Crippen LogP contribution in [0.3, 0.4) is 0 Å². The van der Waals surface area contributed by atoms with E-state index in [2.05, 4.69) is 4.72 Å². The van der Waals surface area contributed by atoms with E-state index in [1.807, 2.05) is 0 Å². The van der Waals surface area contributed by atoms with E-state index in [4.69, 9.17) is 5.73 Å². The van der Waals surface area contributed by atoms with Gasteiger partial charge in [0.15, 0.2) is 0 Å². The van der Waals surface area contributed by atoms with Crippen LogP contribution in [-0.4, -0.2) is 26.2 Å². The first-order valence-electron chi connectivity index (χ1n) is 6.50. The van der Waals surface area contributed by atoms with Crippen molar-refractivity contribution in [1.82, 2.24) is 4.72 Å². The molecule has 5 nitrogen and oxygen atoms in total. The van der Waals surface area contributed by atoms with Crippen LogP contribution in [0.2, 0.25) is 0 Å². The topological polar surface area (TPSA) is 92.4 Å². The minimum atomic E-state index is -3.48. The molecule has 106 valence electrons. The van der Waals surface area contributed by atoms with E-state index >= 15 is 0 Å². The van der Waals surface area contributed by atoms with Gasteiger partial charge in [0.25, 0.3) is 0 Å². The predicted molar refractivity (Wildman–Crippen MR) is 74.0 cm³/mol. The number of sulfonamides is 1. The summed E-state index contributed by atoms with van der Waals surface area (Å²) in [5.74, 6) is 0.215. The standard InChI is InChI=1S/C13H20N2O3S/c14-11-4-6-13(7-5-11)19(17,18)15-9-10-2-1-3-12(16)8-10/h4-7,10,12,15-16H,1-3,8-9,14H2. The molecule has 0 saturated heterocycles. The molecular formula is C13H20N2O3S. The number of nitrogens with one attached hydrogen (secondary N) is 1. The van der Waals surface area contributed by atoms with Crippen LogP contribution in [-0.2, 0) is 10.0 Å². The monoisotopic (exact) mass is 284 g/mol. The molecule has 0 aromatic heterocycles. The normalized spacial score (nSPS) is 24.3. The van der Waals surface area contributed by atoms with Crippen molar-refractivity contribution in [3.63, 3.8) is 0 Å². The van der Waals surface area contributed by atoms with E-state index in [1.54, 1.807) is 12.1 Å². The Bertz CT molecular complexity index is 513. The summed E-state index contributed by atoms with van der Waals surface area (Å²) in [6, 6.07) is 6.12. The molecule has 0 amide bonds.